The van der Waals surface area contributed by atoms with Gasteiger partial charge in [-0.15, -0.1) is 0 Å². The number of carbonyl (C=O) groups is 1. The summed E-state index contributed by atoms with van der Waals surface area (Å²) in [6.45, 7) is 4.93. The molecule has 0 aromatic heterocycles. The summed E-state index contributed by atoms with van der Waals surface area (Å²) in [5, 5.41) is 10.2. The summed E-state index contributed by atoms with van der Waals surface area (Å²) in [6.07, 6.45) is 0.992. The Labute approximate surface area is 219 Å². The standard InChI is InChI=1S/C28H29BrFN3O3/c1-28(2)13-22-26(23(34)14-28)25(20(15-31)27(32)33(22)10-11-35-3)19-12-18(29)8-9-24(19)36-16-17-6-4-5-7-21(17)30/h4-9,12,25H,10-11,13-14,16,32H2,1-3H3/t25-/m1/s1. The van der Waals surface area contributed by atoms with Crippen molar-refractivity contribution in [2.24, 2.45) is 11.1 Å². The number of ether oxygens (including phenoxy) is 2. The third-order valence-electron chi connectivity index (χ3n) is 6.63. The van der Waals surface area contributed by atoms with Crippen LogP contribution < -0.4 is 10.5 Å². The number of ketones is 1. The molecule has 0 unspecified atom stereocenters. The number of nitrogens with two attached hydrogens (primary N) is 1. The Hall–Kier alpha value is -3.15. The van der Waals surface area contributed by atoms with Crippen LogP contribution in [-0.2, 0) is 16.1 Å². The molecule has 36 heavy (non-hydrogen) atoms. The third kappa shape index (κ3) is 5.04. The second-order valence-corrected chi connectivity index (χ2v) is 10.8. The third-order valence-corrected chi connectivity index (χ3v) is 7.12. The minimum atomic E-state index is -0.694. The SMILES string of the molecule is COCCN1C(N)=C(C#N)[C@@H](c2cc(Br)ccc2OCc2ccccc2F)C2=C1CC(C)(C)CC2=O. The molecular weight excluding hydrogens is 525 g/mol. The van der Waals surface area contributed by atoms with Crippen LogP contribution in [0.3, 0.4) is 0 Å². The Bertz CT molecular complexity index is 1300. The Morgan fingerprint density at radius 3 is 2.69 bits per heavy atom. The van der Waals surface area contributed by atoms with Gasteiger partial charge >= 0.3 is 0 Å². The van der Waals surface area contributed by atoms with Crippen molar-refractivity contribution in [1.29, 1.82) is 5.26 Å². The van der Waals surface area contributed by atoms with Gasteiger partial charge in [-0.3, -0.25) is 4.79 Å². The Balaban J connectivity index is 1.86. The molecule has 0 amide bonds. The van der Waals surface area contributed by atoms with Gasteiger partial charge in [0.1, 0.15) is 24.0 Å². The van der Waals surface area contributed by atoms with E-state index < -0.39 is 5.92 Å². The number of Topliss-reactive ketones (excluding diaryl/α,β-unsaturated/α-hetero) is 1. The van der Waals surface area contributed by atoms with Crippen LogP contribution in [0.4, 0.5) is 4.39 Å². The fourth-order valence-electron chi connectivity index (χ4n) is 4.97. The van der Waals surface area contributed by atoms with Gasteiger partial charge in [0.15, 0.2) is 5.78 Å². The van der Waals surface area contributed by atoms with Crippen LogP contribution in [0.15, 0.2) is 69.6 Å². The second-order valence-electron chi connectivity index (χ2n) is 9.85. The Morgan fingerprint density at radius 1 is 1.25 bits per heavy atom. The molecular formula is C28H29BrFN3O3. The van der Waals surface area contributed by atoms with Gasteiger partial charge in [-0.05, 0) is 36.1 Å². The first-order valence-electron chi connectivity index (χ1n) is 11.7. The average molecular weight is 554 g/mol. The van der Waals surface area contributed by atoms with Crippen LogP contribution in [0.1, 0.15) is 43.7 Å². The van der Waals surface area contributed by atoms with E-state index >= 15 is 0 Å². The number of rotatable bonds is 7. The summed E-state index contributed by atoms with van der Waals surface area (Å²) in [6, 6.07) is 14.1. The largest absolute Gasteiger partial charge is 0.488 e. The minimum Gasteiger partial charge on any atom is -0.488 e. The number of carbonyl (C=O) groups excluding carboxylic acids is 1. The predicted octanol–water partition coefficient (Wildman–Crippen LogP) is 5.55. The molecule has 0 saturated carbocycles. The number of allylic oxidation sites excluding steroid dienone is 3. The topological polar surface area (TPSA) is 88.6 Å². The normalized spacial score (nSPS) is 19.3. The number of halogens is 2. The maximum atomic E-state index is 14.2. The molecule has 188 valence electrons. The first kappa shape index (κ1) is 25.9. The average Bonchev–Trinajstić information content (AvgIpc) is 2.82. The van der Waals surface area contributed by atoms with Crippen LogP contribution in [-0.4, -0.2) is 30.9 Å². The van der Waals surface area contributed by atoms with Gasteiger partial charge in [0.25, 0.3) is 0 Å². The molecule has 4 rings (SSSR count). The van der Waals surface area contributed by atoms with Crippen molar-refractivity contribution in [3.8, 4) is 11.8 Å². The number of methoxy groups -OCH3 is 1. The van der Waals surface area contributed by atoms with Gasteiger partial charge in [-0.25, -0.2) is 4.39 Å². The zero-order chi connectivity index (χ0) is 26.0. The fraction of sp³-hybridized carbons (Fsp3) is 0.357. The lowest BCUT2D eigenvalue weighted by atomic mass is 9.68. The minimum absolute atomic E-state index is 0.00194. The van der Waals surface area contributed by atoms with Crippen molar-refractivity contribution >= 4 is 21.7 Å². The lowest BCUT2D eigenvalue weighted by molar-refractivity contribution is -0.118. The maximum absolute atomic E-state index is 14.2. The highest BCUT2D eigenvalue weighted by atomic mass is 79.9. The fourth-order valence-corrected chi connectivity index (χ4v) is 5.35. The Morgan fingerprint density at radius 2 is 2.00 bits per heavy atom. The summed E-state index contributed by atoms with van der Waals surface area (Å²) in [5.41, 5.74) is 9.04. The molecule has 2 aromatic rings. The number of hydrogen-bond acceptors (Lipinski definition) is 6. The lowest BCUT2D eigenvalue weighted by Crippen LogP contribution is -2.43. The van der Waals surface area contributed by atoms with E-state index in [1.54, 1.807) is 31.4 Å². The van der Waals surface area contributed by atoms with E-state index in [0.717, 1.165) is 10.2 Å². The zero-order valence-electron chi connectivity index (χ0n) is 20.6. The maximum Gasteiger partial charge on any atom is 0.162 e. The van der Waals surface area contributed by atoms with E-state index in [1.165, 1.54) is 6.07 Å². The van der Waals surface area contributed by atoms with Crippen LogP contribution in [0.2, 0.25) is 0 Å². The molecule has 0 saturated heterocycles. The molecule has 1 aliphatic carbocycles. The van der Waals surface area contributed by atoms with Crippen molar-refractivity contribution in [2.45, 2.75) is 39.2 Å². The number of nitriles is 1. The van der Waals surface area contributed by atoms with E-state index in [2.05, 4.69) is 35.8 Å². The monoisotopic (exact) mass is 553 g/mol. The molecule has 2 aliphatic rings. The first-order chi connectivity index (χ1) is 17.2. The van der Waals surface area contributed by atoms with Crippen molar-refractivity contribution in [2.75, 3.05) is 20.3 Å². The van der Waals surface area contributed by atoms with E-state index in [1.807, 2.05) is 17.0 Å². The molecule has 0 fully saturated rings. The first-order valence-corrected chi connectivity index (χ1v) is 12.5. The summed E-state index contributed by atoms with van der Waals surface area (Å²) in [7, 11) is 1.60. The quantitative estimate of drug-likeness (QED) is 0.483. The molecule has 0 radical (unpaired) electrons. The van der Waals surface area contributed by atoms with Crippen molar-refractivity contribution in [3.05, 3.63) is 86.5 Å². The molecule has 2 aromatic carbocycles. The van der Waals surface area contributed by atoms with Crippen molar-refractivity contribution in [1.82, 2.24) is 4.90 Å². The molecule has 8 heteroatoms. The zero-order valence-corrected chi connectivity index (χ0v) is 22.2. The number of hydrogen-bond donors (Lipinski definition) is 1. The predicted molar refractivity (Wildman–Crippen MR) is 138 cm³/mol. The van der Waals surface area contributed by atoms with Gasteiger partial charge in [-0.1, -0.05) is 48.0 Å². The molecule has 6 nitrogen and oxygen atoms in total. The van der Waals surface area contributed by atoms with Crippen LogP contribution in [0.25, 0.3) is 0 Å². The summed E-state index contributed by atoms with van der Waals surface area (Å²) >= 11 is 3.52. The smallest absolute Gasteiger partial charge is 0.162 e. The van der Waals surface area contributed by atoms with E-state index in [4.69, 9.17) is 15.2 Å². The van der Waals surface area contributed by atoms with Gasteiger partial charge in [0, 0.05) is 46.9 Å². The number of nitrogens with zero attached hydrogens (tertiary/aromatic N) is 2. The summed E-state index contributed by atoms with van der Waals surface area (Å²) in [5.74, 6) is -0.306. The molecule has 1 heterocycles. The highest BCUT2D eigenvalue weighted by molar-refractivity contribution is 9.10. The van der Waals surface area contributed by atoms with Crippen molar-refractivity contribution in [3.63, 3.8) is 0 Å². The number of benzene rings is 2. The van der Waals surface area contributed by atoms with Crippen molar-refractivity contribution < 1.29 is 18.7 Å². The Kier molecular flexibility index (Phi) is 7.53. The molecule has 2 N–H and O–H groups in total. The van der Waals surface area contributed by atoms with Crippen LogP contribution in [0.5, 0.6) is 5.75 Å². The molecule has 0 spiro atoms. The van der Waals surface area contributed by atoms with E-state index in [0.29, 0.717) is 54.3 Å². The highest BCUT2D eigenvalue weighted by Crippen LogP contribution is 2.50. The lowest BCUT2D eigenvalue weighted by Gasteiger charge is -2.44. The molecule has 1 aliphatic heterocycles. The van der Waals surface area contributed by atoms with Gasteiger partial charge in [-0.2, -0.15) is 5.26 Å². The van der Waals surface area contributed by atoms with E-state index in [9.17, 15) is 14.4 Å². The molecule has 0 bridgehead atoms. The summed E-state index contributed by atoms with van der Waals surface area (Å²) < 4.78 is 26.4. The van der Waals surface area contributed by atoms with Gasteiger partial charge < -0.3 is 20.1 Å². The van der Waals surface area contributed by atoms with Gasteiger partial charge in [0.2, 0.25) is 0 Å². The summed E-state index contributed by atoms with van der Waals surface area (Å²) in [4.78, 5) is 15.5. The highest BCUT2D eigenvalue weighted by Gasteiger charge is 2.45. The van der Waals surface area contributed by atoms with E-state index in [-0.39, 0.29) is 29.2 Å². The molecule has 1 atom stereocenters. The van der Waals surface area contributed by atoms with Crippen LogP contribution in [0, 0.1) is 22.6 Å². The van der Waals surface area contributed by atoms with Crippen LogP contribution >= 0.6 is 15.9 Å². The van der Waals surface area contributed by atoms with Gasteiger partial charge in [0.05, 0.1) is 24.2 Å². The second kappa shape index (κ2) is 10.5.